The number of benzene rings is 3. The lowest BCUT2D eigenvalue weighted by molar-refractivity contribution is -0.131. The number of aliphatic hydroxyl groups excluding tert-OH is 2. The Labute approximate surface area is 263 Å². The van der Waals surface area contributed by atoms with Crippen LogP contribution < -0.4 is 31.7 Å². The first kappa shape index (κ1) is 33.4. The number of carbonyl (C=O) groups is 3. The fourth-order valence-corrected chi connectivity index (χ4v) is 5.53. The minimum Gasteiger partial charge on any atom is -0.497 e. The number of hydrogen-bond acceptors (Lipinski definition) is 8. The summed E-state index contributed by atoms with van der Waals surface area (Å²) in [6.07, 6.45) is -0.0584. The summed E-state index contributed by atoms with van der Waals surface area (Å²) in [6, 6.07) is 20.4. The molecule has 0 fully saturated rings. The van der Waals surface area contributed by atoms with E-state index in [1.807, 2.05) is 80.6 Å². The molecule has 3 amide bonds. The Balaban J connectivity index is 1.63. The number of ketones is 1. The number of methoxy groups -OCH3 is 1. The number of rotatable bonds is 13. The van der Waals surface area contributed by atoms with E-state index < -0.39 is 29.9 Å². The van der Waals surface area contributed by atoms with Gasteiger partial charge in [0.05, 0.1) is 19.8 Å². The van der Waals surface area contributed by atoms with Gasteiger partial charge in [0.2, 0.25) is 5.91 Å². The minimum absolute atomic E-state index is 0.0202. The second kappa shape index (κ2) is 14.6. The SMILES string of the molecule is COc1ccc2c(c1)CCC(=O)[C@@](Cc1ccc(-c3ccccc3CNC(N)=O)cc1)(NC(=O)CC(C)(C)NC[C@H](O)CO)N2. The number of anilines is 1. The van der Waals surface area contributed by atoms with Gasteiger partial charge >= 0.3 is 6.03 Å². The van der Waals surface area contributed by atoms with Crippen LogP contribution in [0.25, 0.3) is 11.1 Å². The van der Waals surface area contributed by atoms with Crippen LogP contribution in [0.5, 0.6) is 5.75 Å². The molecule has 0 aliphatic carbocycles. The van der Waals surface area contributed by atoms with E-state index in [0.29, 0.717) is 12.2 Å². The topological polar surface area (TPSA) is 175 Å². The normalized spacial score (nSPS) is 17.0. The number of nitrogens with one attached hydrogen (secondary N) is 4. The number of nitrogens with two attached hydrogens (primary N) is 1. The van der Waals surface area contributed by atoms with Crippen LogP contribution >= 0.6 is 0 Å². The van der Waals surface area contributed by atoms with E-state index in [0.717, 1.165) is 33.5 Å². The van der Waals surface area contributed by atoms with E-state index in [-0.39, 0.29) is 44.0 Å². The van der Waals surface area contributed by atoms with Crippen LogP contribution in [0.2, 0.25) is 0 Å². The van der Waals surface area contributed by atoms with Gasteiger partial charge in [-0.15, -0.1) is 0 Å². The average molecular weight is 618 g/mol. The van der Waals surface area contributed by atoms with Crippen LogP contribution in [0.1, 0.15) is 43.4 Å². The van der Waals surface area contributed by atoms with E-state index >= 15 is 0 Å². The van der Waals surface area contributed by atoms with Crippen LogP contribution in [0.4, 0.5) is 10.5 Å². The molecule has 0 unspecified atom stereocenters. The van der Waals surface area contributed by atoms with E-state index in [9.17, 15) is 19.5 Å². The molecule has 11 heteroatoms. The predicted molar refractivity (Wildman–Crippen MR) is 173 cm³/mol. The molecule has 3 aromatic rings. The average Bonchev–Trinajstić information content (AvgIpc) is 3.14. The Bertz CT molecular complexity index is 1510. The van der Waals surface area contributed by atoms with Crippen LogP contribution in [0.3, 0.4) is 0 Å². The first-order chi connectivity index (χ1) is 21.4. The van der Waals surface area contributed by atoms with Crippen molar-refractivity contribution in [2.45, 2.75) is 63.4 Å². The summed E-state index contributed by atoms with van der Waals surface area (Å²) in [5.74, 6) is 0.176. The van der Waals surface area contributed by atoms with Gasteiger partial charge in [-0.05, 0) is 66.3 Å². The van der Waals surface area contributed by atoms with Gasteiger partial charge in [0, 0.05) is 43.6 Å². The van der Waals surface area contributed by atoms with Crippen LogP contribution in [0.15, 0.2) is 66.7 Å². The van der Waals surface area contributed by atoms with Crippen molar-refractivity contribution in [2.24, 2.45) is 5.73 Å². The maximum absolute atomic E-state index is 13.9. The zero-order valence-electron chi connectivity index (χ0n) is 26.0. The zero-order chi connectivity index (χ0) is 32.6. The number of aliphatic hydroxyl groups is 2. The van der Waals surface area contributed by atoms with Crippen molar-refractivity contribution in [3.8, 4) is 16.9 Å². The molecule has 0 saturated heterocycles. The van der Waals surface area contributed by atoms with Gasteiger partial charge in [0.15, 0.2) is 11.4 Å². The molecule has 45 heavy (non-hydrogen) atoms. The molecule has 3 aromatic carbocycles. The van der Waals surface area contributed by atoms with Gasteiger partial charge < -0.3 is 42.0 Å². The number of Topliss-reactive ketones (excluding diaryl/α,β-unsaturated/α-hetero) is 1. The molecule has 4 rings (SSSR count). The third-order valence-electron chi connectivity index (χ3n) is 7.94. The van der Waals surface area contributed by atoms with E-state index in [2.05, 4.69) is 21.3 Å². The Morgan fingerprint density at radius 2 is 1.82 bits per heavy atom. The van der Waals surface area contributed by atoms with Gasteiger partial charge in [-0.1, -0.05) is 48.5 Å². The number of primary amides is 1. The summed E-state index contributed by atoms with van der Waals surface area (Å²) in [5.41, 5.74) is 8.37. The van der Waals surface area contributed by atoms with E-state index in [1.165, 1.54) is 0 Å². The highest BCUT2D eigenvalue weighted by atomic mass is 16.5. The van der Waals surface area contributed by atoms with Crippen molar-refractivity contribution >= 4 is 23.4 Å². The van der Waals surface area contributed by atoms with Crippen molar-refractivity contribution in [1.29, 1.82) is 0 Å². The lowest BCUT2D eigenvalue weighted by Crippen LogP contribution is -2.62. The first-order valence-electron chi connectivity index (χ1n) is 15.0. The predicted octanol–water partition coefficient (Wildman–Crippen LogP) is 2.62. The maximum Gasteiger partial charge on any atom is 0.312 e. The Morgan fingerprint density at radius 3 is 2.51 bits per heavy atom. The molecule has 0 radical (unpaired) electrons. The summed E-state index contributed by atoms with van der Waals surface area (Å²) < 4.78 is 5.40. The summed E-state index contributed by atoms with van der Waals surface area (Å²) in [6.45, 7) is 3.65. The van der Waals surface area contributed by atoms with Crippen molar-refractivity contribution < 1.29 is 29.3 Å². The molecule has 240 valence electrons. The van der Waals surface area contributed by atoms with Gasteiger partial charge in [-0.25, -0.2) is 4.79 Å². The molecule has 0 spiro atoms. The molecular formula is C34H43N5O6. The fraction of sp³-hybridized carbons (Fsp3) is 0.382. The molecule has 0 aromatic heterocycles. The van der Waals surface area contributed by atoms with E-state index in [4.69, 9.17) is 15.6 Å². The molecule has 8 N–H and O–H groups in total. The monoisotopic (exact) mass is 617 g/mol. The number of β-amino-alcohol motifs (C(OH)–C–C–N with tert-alkyl or cyclic N) is 1. The Kier molecular flexibility index (Phi) is 10.8. The summed E-state index contributed by atoms with van der Waals surface area (Å²) >= 11 is 0. The van der Waals surface area contributed by atoms with Crippen LogP contribution in [-0.2, 0) is 29.0 Å². The third-order valence-corrected chi connectivity index (χ3v) is 7.94. The maximum atomic E-state index is 13.9. The number of carbonyl (C=O) groups excluding carboxylic acids is 3. The highest BCUT2D eigenvalue weighted by Crippen LogP contribution is 2.32. The number of amides is 3. The minimum atomic E-state index is -1.43. The number of aryl methyl sites for hydroxylation is 1. The second-order valence-corrected chi connectivity index (χ2v) is 12.1. The molecule has 0 saturated carbocycles. The van der Waals surface area contributed by atoms with Gasteiger partial charge in [0.25, 0.3) is 0 Å². The van der Waals surface area contributed by atoms with Gasteiger partial charge in [-0.3, -0.25) is 9.59 Å². The molecule has 1 aliphatic heterocycles. The van der Waals surface area contributed by atoms with Crippen molar-refractivity contribution in [3.05, 3.63) is 83.4 Å². The van der Waals surface area contributed by atoms with Crippen LogP contribution in [0, 0.1) is 0 Å². The zero-order valence-corrected chi connectivity index (χ0v) is 26.0. The quantitative estimate of drug-likeness (QED) is 0.153. The van der Waals surface area contributed by atoms with Gasteiger partial charge in [0.1, 0.15) is 5.75 Å². The van der Waals surface area contributed by atoms with Gasteiger partial charge in [-0.2, -0.15) is 0 Å². The molecule has 2 atom stereocenters. The van der Waals surface area contributed by atoms with E-state index in [1.54, 1.807) is 7.11 Å². The number of fused-ring (bicyclic) bond motifs is 1. The molecule has 1 aliphatic rings. The van der Waals surface area contributed by atoms with Crippen molar-refractivity contribution in [1.82, 2.24) is 16.0 Å². The summed E-state index contributed by atoms with van der Waals surface area (Å²) in [5, 5.41) is 31.1. The van der Waals surface area contributed by atoms with Crippen molar-refractivity contribution in [2.75, 3.05) is 25.6 Å². The molecule has 0 bridgehead atoms. The lowest BCUT2D eigenvalue weighted by Gasteiger charge is -2.36. The van der Waals surface area contributed by atoms with Crippen molar-refractivity contribution in [3.63, 3.8) is 0 Å². The first-order valence-corrected chi connectivity index (χ1v) is 15.0. The summed E-state index contributed by atoms with van der Waals surface area (Å²) in [4.78, 5) is 38.8. The fourth-order valence-electron chi connectivity index (χ4n) is 5.53. The third kappa shape index (κ3) is 8.81. The summed E-state index contributed by atoms with van der Waals surface area (Å²) in [7, 11) is 1.59. The smallest absolute Gasteiger partial charge is 0.312 e. The highest BCUT2D eigenvalue weighted by molar-refractivity contribution is 5.97. The highest BCUT2D eigenvalue weighted by Gasteiger charge is 2.42. The lowest BCUT2D eigenvalue weighted by atomic mass is 9.90. The molecule has 11 nitrogen and oxygen atoms in total. The Morgan fingerprint density at radius 1 is 1.09 bits per heavy atom. The number of ether oxygens (including phenoxy) is 1. The Hall–Kier alpha value is -4.45. The second-order valence-electron chi connectivity index (χ2n) is 12.1. The standard InChI is InChI=1S/C34H43N5O6/c1-33(2,37-20-26(41)21-40)18-31(43)39-34(30(42)15-12-24-16-27(45-3)13-14-29(24)38-34)17-22-8-10-23(11-9-22)28-7-5-4-6-25(28)19-36-32(35)44/h4-11,13-14,16,26,37-38,40-41H,12,15,17-21H2,1-3H3,(H,39,43)(H3,35,36,44)/t26-,34+/m0/s1. The molecular weight excluding hydrogens is 574 g/mol. The largest absolute Gasteiger partial charge is 0.497 e. The molecule has 1 heterocycles. The number of hydrogen-bond donors (Lipinski definition) is 7. The van der Waals surface area contributed by atoms with Crippen LogP contribution in [-0.4, -0.2) is 65.5 Å². The number of urea groups is 1.